The molecular weight excluding hydrogens is 224 g/mol. The first-order chi connectivity index (χ1) is 8.74. The molecule has 1 amide bonds. The largest absolute Gasteiger partial charge is 0.356 e. The number of hydrogen-bond acceptors (Lipinski definition) is 2. The Kier molecular flexibility index (Phi) is 5.48. The van der Waals surface area contributed by atoms with E-state index in [9.17, 15) is 4.79 Å². The fraction of sp³-hybridized carbons (Fsp3) is 0.933. The van der Waals surface area contributed by atoms with Gasteiger partial charge in [0.2, 0.25) is 5.91 Å². The van der Waals surface area contributed by atoms with Gasteiger partial charge in [0, 0.05) is 25.6 Å². The molecule has 2 aliphatic carbocycles. The van der Waals surface area contributed by atoms with E-state index in [0.717, 1.165) is 24.9 Å². The van der Waals surface area contributed by atoms with Gasteiger partial charge in [-0.15, -0.1) is 0 Å². The Morgan fingerprint density at radius 2 is 1.78 bits per heavy atom. The predicted octanol–water partition coefficient (Wildman–Crippen LogP) is 2.46. The Morgan fingerprint density at radius 1 is 1.06 bits per heavy atom. The second-order valence-electron chi connectivity index (χ2n) is 6.24. The Hall–Kier alpha value is -0.570. The zero-order chi connectivity index (χ0) is 12.8. The van der Waals surface area contributed by atoms with Gasteiger partial charge >= 0.3 is 0 Å². The van der Waals surface area contributed by atoms with Gasteiger partial charge in [0.25, 0.3) is 0 Å². The van der Waals surface area contributed by atoms with Gasteiger partial charge in [-0.2, -0.15) is 0 Å². The van der Waals surface area contributed by atoms with Crippen LogP contribution in [0.15, 0.2) is 0 Å². The highest BCUT2D eigenvalue weighted by molar-refractivity contribution is 5.76. The quantitative estimate of drug-likeness (QED) is 0.731. The smallest absolute Gasteiger partial charge is 0.221 e. The summed E-state index contributed by atoms with van der Waals surface area (Å²) in [6, 6.07) is 0.710. The number of amides is 1. The summed E-state index contributed by atoms with van der Waals surface area (Å²) in [6.45, 7) is 4.07. The lowest BCUT2D eigenvalue weighted by Crippen LogP contribution is -2.30. The molecule has 2 N–H and O–H groups in total. The van der Waals surface area contributed by atoms with Gasteiger partial charge in [-0.25, -0.2) is 0 Å². The number of carbonyl (C=O) groups excluding carboxylic acids is 1. The minimum Gasteiger partial charge on any atom is -0.356 e. The highest BCUT2D eigenvalue weighted by Crippen LogP contribution is 2.29. The summed E-state index contributed by atoms with van der Waals surface area (Å²) >= 11 is 0. The van der Waals surface area contributed by atoms with Crippen molar-refractivity contribution < 1.29 is 4.79 Å². The van der Waals surface area contributed by atoms with Crippen LogP contribution in [0.5, 0.6) is 0 Å². The molecule has 0 aromatic carbocycles. The summed E-state index contributed by atoms with van der Waals surface area (Å²) < 4.78 is 0. The molecular formula is C15H28N2O. The Balaban J connectivity index is 1.45. The van der Waals surface area contributed by atoms with Gasteiger partial charge in [0.1, 0.15) is 0 Å². The fourth-order valence-electron chi connectivity index (χ4n) is 2.80. The van der Waals surface area contributed by atoms with Gasteiger partial charge in [-0.1, -0.05) is 32.6 Å². The van der Waals surface area contributed by atoms with Crippen molar-refractivity contribution >= 4 is 5.91 Å². The summed E-state index contributed by atoms with van der Waals surface area (Å²) in [7, 11) is 0. The highest BCUT2D eigenvalue weighted by atomic mass is 16.1. The lowest BCUT2D eigenvalue weighted by atomic mass is 9.81. The normalized spacial score (nSPS) is 28.1. The van der Waals surface area contributed by atoms with Crippen molar-refractivity contribution in [3.63, 3.8) is 0 Å². The molecule has 3 nitrogen and oxygen atoms in total. The fourth-order valence-corrected chi connectivity index (χ4v) is 2.80. The third kappa shape index (κ3) is 5.38. The second kappa shape index (κ2) is 7.13. The predicted molar refractivity (Wildman–Crippen MR) is 74.4 cm³/mol. The van der Waals surface area contributed by atoms with E-state index in [1.54, 1.807) is 0 Å². The van der Waals surface area contributed by atoms with Gasteiger partial charge in [-0.3, -0.25) is 4.79 Å². The van der Waals surface area contributed by atoms with Crippen LogP contribution in [0.2, 0.25) is 0 Å². The second-order valence-corrected chi connectivity index (χ2v) is 6.24. The van der Waals surface area contributed by atoms with E-state index in [1.807, 2.05) is 0 Å². The van der Waals surface area contributed by atoms with Gasteiger partial charge in [-0.05, 0) is 31.1 Å². The SMILES string of the molecule is CC1CCC(CCNC(=O)CCNC2CC2)CC1. The topological polar surface area (TPSA) is 41.1 Å². The van der Waals surface area contributed by atoms with Crippen LogP contribution >= 0.6 is 0 Å². The van der Waals surface area contributed by atoms with Crippen LogP contribution in [0.3, 0.4) is 0 Å². The molecule has 0 aromatic heterocycles. The summed E-state index contributed by atoms with van der Waals surface area (Å²) in [5.41, 5.74) is 0. The maximum Gasteiger partial charge on any atom is 0.221 e. The summed E-state index contributed by atoms with van der Waals surface area (Å²) in [5.74, 6) is 1.99. The third-order valence-electron chi connectivity index (χ3n) is 4.37. The lowest BCUT2D eigenvalue weighted by molar-refractivity contribution is -0.121. The zero-order valence-electron chi connectivity index (χ0n) is 11.7. The standard InChI is InChI=1S/C15H28N2O/c1-12-2-4-13(5-3-12)8-10-17-15(18)9-11-16-14-6-7-14/h12-14,16H,2-11H2,1H3,(H,17,18). The van der Waals surface area contributed by atoms with Crippen LogP contribution in [0.1, 0.15) is 58.3 Å². The number of carbonyl (C=O) groups is 1. The molecule has 0 aromatic rings. The van der Waals surface area contributed by atoms with E-state index in [0.29, 0.717) is 12.5 Å². The molecule has 0 radical (unpaired) electrons. The molecule has 0 bridgehead atoms. The molecule has 0 spiro atoms. The summed E-state index contributed by atoms with van der Waals surface area (Å²) in [5, 5.41) is 6.43. The molecule has 0 heterocycles. The van der Waals surface area contributed by atoms with Gasteiger partial charge < -0.3 is 10.6 Å². The molecule has 2 rings (SSSR count). The maximum absolute atomic E-state index is 11.6. The van der Waals surface area contributed by atoms with Crippen molar-refractivity contribution in [1.29, 1.82) is 0 Å². The molecule has 0 unspecified atom stereocenters. The van der Waals surface area contributed by atoms with E-state index in [1.165, 1.54) is 44.9 Å². The third-order valence-corrected chi connectivity index (χ3v) is 4.37. The van der Waals surface area contributed by atoms with Gasteiger partial charge in [0.05, 0.1) is 0 Å². The van der Waals surface area contributed by atoms with E-state index in [4.69, 9.17) is 0 Å². The van der Waals surface area contributed by atoms with Crippen LogP contribution in [-0.4, -0.2) is 25.0 Å². The lowest BCUT2D eigenvalue weighted by Gasteiger charge is -2.26. The van der Waals surface area contributed by atoms with E-state index in [2.05, 4.69) is 17.6 Å². The number of rotatable bonds is 7. The molecule has 3 heteroatoms. The highest BCUT2D eigenvalue weighted by Gasteiger charge is 2.20. The molecule has 2 fully saturated rings. The zero-order valence-corrected chi connectivity index (χ0v) is 11.7. The minimum atomic E-state index is 0.215. The van der Waals surface area contributed by atoms with Crippen LogP contribution in [-0.2, 0) is 4.79 Å². The van der Waals surface area contributed by atoms with Crippen LogP contribution in [0.4, 0.5) is 0 Å². The molecule has 104 valence electrons. The van der Waals surface area contributed by atoms with E-state index < -0.39 is 0 Å². The van der Waals surface area contributed by atoms with Crippen molar-refractivity contribution in [2.24, 2.45) is 11.8 Å². The van der Waals surface area contributed by atoms with E-state index >= 15 is 0 Å². The van der Waals surface area contributed by atoms with Crippen molar-refractivity contribution in [1.82, 2.24) is 10.6 Å². The Morgan fingerprint density at radius 3 is 2.44 bits per heavy atom. The average molecular weight is 252 g/mol. The monoisotopic (exact) mass is 252 g/mol. The van der Waals surface area contributed by atoms with E-state index in [-0.39, 0.29) is 5.91 Å². The van der Waals surface area contributed by atoms with Crippen LogP contribution < -0.4 is 10.6 Å². The average Bonchev–Trinajstić information content (AvgIpc) is 3.16. The number of nitrogens with one attached hydrogen (secondary N) is 2. The molecule has 2 aliphatic rings. The van der Waals surface area contributed by atoms with Crippen molar-refractivity contribution in [2.75, 3.05) is 13.1 Å². The van der Waals surface area contributed by atoms with Crippen LogP contribution in [0, 0.1) is 11.8 Å². The van der Waals surface area contributed by atoms with Gasteiger partial charge in [0.15, 0.2) is 0 Å². The molecule has 2 saturated carbocycles. The molecule has 0 saturated heterocycles. The minimum absolute atomic E-state index is 0.215. The summed E-state index contributed by atoms with van der Waals surface area (Å²) in [4.78, 5) is 11.6. The molecule has 0 atom stereocenters. The first kappa shape index (κ1) is 13.9. The first-order valence-corrected chi connectivity index (χ1v) is 7.74. The van der Waals surface area contributed by atoms with Crippen molar-refractivity contribution in [3.05, 3.63) is 0 Å². The number of hydrogen-bond donors (Lipinski definition) is 2. The Bertz CT molecular complexity index is 255. The molecule has 0 aliphatic heterocycles. The summed E-state index contributed by atoms with van der Waals surface area (Å²) in [6.07, 6.45) is 9.88. The Labute approximate surface area is 111 Å². The van der Waals surface area contributed by atoms with Crippen molar-refractivity contribution in [2.45, 2.75) is 64.3 Å². The van der Waals surface area contributed by atoms with Crippen LogP contribution in [0.25, 0.3) is 0 Å². The van der Waals surface area contributed by atoms with Crippen molar-refractivity contribution in [3.8, 4) is 0 Å². The maximum atomic E-state index is 11.6. The molecule has 18 heavy (non-hydrogen) atoms. The first-order valence-electron chi connectivity index (χ1n) is 7.74.